The lowest BCUT2D eigenvalue weighted by molar-refractivity contribution is -0.146. The molecule has 5 rings (SSSR count). The number of fused-ring (bicyclic) bond motifs is 2. The molecule has 4 heteroatoms. The SMILES string of the molecule is C=C1C2CC34OC3(CC[C@H]3C(C)(C)C(=O)CC[C@@]34C)[C@]2(C)CC[C@@H]1[C@H](C)CC/C=C(/C)C(=O)O. The first-order valence-corrected chi connectivity index (χ1v) is 13.6. The van der Waals surface area contributed by atoms with Gasteiger partial charge >= 0.3 is 5.97 Å². The molecule has 3 unspecified atom stereocenters. The molecule has 0 aromatic carbocycles. The molecule has 5 aliphatic rings. The maximum absolute atomic E-state index is 12.9. The van der Waals surface area contributed by atoms with E-state index in [1.165, 1.54) is 12.0 Å². The third kappa shape index (κ3) is 2.75. The summed E-state index contributed by atoms with van der Waals surface area (Å²) < 4.78 is 7.00. The molecule has 1 N–H and O–H groups in total. The summed E-state index contributed by atoms with van der Waals surface area (Å²) in [4.78, 5) is 24.0. The highest BCUT2D eigenvalue weighted by molar-refractivity contribution is 5.86. The smallest absolute Gasteiger partial charge is 0.330 e. The van der Waals surface area contributed by atoms with Crippen molar-refractivity contribution in [2.24, 2.45) is 39.9 Å². The van der Waals surface area contributed by atoms with Gasteiger partial charge in [0.15, 0.2) is 0 Å². The fourth-order valence-electron chi connectivity index (χ4n) is 9.89. The highest BCUT2D eigenvalue weighted by Gasteiger charge is 2.90. The molecule has 4 saturated carbocycles. The minimum absolute atomic E-state index is 0.0368. The molecule has 1 saturated heterocycles. The van der Waals surface area contributed by atoms with E-state index in [1.54, 1.807) is 6.92 Å². The maximum atomic E-state index is 12.9. The van der Waals surface area contributed by atoms with Crippen molar-refractivity contribution in [1.29, 1.82) is 0 Å². The van der Waals surface area contributed by atoms with E-state index in [2.05, 4.69) is 34.6 Å². The van der Waals surface area contributed by atoms with Crippen molar-refractivity contribution in [3.05, 3.63) is 23.8 Å². The number of hydrogen-bond acceptors (Lipinski definition) is 3. The van der Waals surface area contributed by atoms with E-state index >= 15 is 0 Å². The van der Waals surface area contributed by atoms with Gasteiger partial charge in [0.25, 0.3) is 0 Å². The fourth-order valence-corrected chi connectivity index (χ4v) is 9.89. The van der Waals surface area contributed by atoms with Gasteiger partial charge in [-0.05, 0) is 82.0 Å². The molecular formula is C30H44O4. The standard InChI is InChI=1S/C30H44O4/c1-18(9-8-10-19(2)25(32)33)21-11-14-27(6)22(20(21)3)17-30-28(7)15-13-24(31)26(4,5)23(28)12-16-29(27,30)34-30/h10,18,21-23H,3,8-9,11-17H2,1-2,4-7H3,(H,32,33)/b19-10-/t18-,21-,22?,23+,27-,28+,29?,30?/m1/s1. The van der Waals surface area contributed by atoms with Crippen LogP contribution < -0.4 is 0 Å². The number of ketones is 1. The zero-order valence-corrected chi connectivity index (χ0v) is 22.1. The van der Waals surface area contributed by atoms with E-state index in [-0.39, 0.29) is 27.4 Å². The number of allylic oxidation sites excluding steroid dienone is 2. The van der Waals surface area contributed by atoms with E-state index in [4.69, 9.17) is 16.4 Å². The Kier molecular flexibility index (Phi) is 5.22. The van der Waals surface area contributed by atoms with Gasteiger partial charge in [0.2, 0.25) is 0 Å². The van der Waals surface area contributed by atoms with Gasteiger partial charge in [0.1, 0.15) is 17.0 Å². The van der Waals surface area contributed by atoms with Crippen molar-refractivity contribution in [1.82, 2.24) is 0 Å². The summed E-state index contributed by atoms with van der Waals surface area (Å²) in [6.45, 7) is 18.0. The monoisotopic (exact) mass is 468 g/mol. The molecule has 5 fully saturated rings. The Hall–Kier alpha value is -1.42. The van der Waals surface area contributed by atoms with E-state index in [1.807, 2.05) is 6.08 Å². The molecule has 0 spiro atoms. The fraction of sp³-hybridized carbons (Fsp3) is 0.800. The number of carboxylic acids is 1. The van der Waals surface area contributed by atoms with Crippen molar-refractivity contribution in [3.63, 3.8) is 0 Å². The highest BCUT2D eigenvalue weighted by atomic mass is 16.6. The Bertz CT molecular complexity index is 976. The van der Waals surface area contributed by atoms with E-state index in [0.29, 0.717) is 41.4 Å². The maximum Gasteiger partial charge on any atom is 0.330 e. The number of hydrogen-bond donors (Lipinski definition) is 1. The van der Waals surface area contributed by atoms with Gasteiger partial charge in [-0.15, -0.1) is 0 Å². The summed E-state index contributed by atoms with van der Waals surface area (Å²) in [6.07, 6.45) is 10.9. The number of Topliss-reactive ketones (excluding diaryl/α,β-unsaturated/α-hetero) is 1. The minimum Gasteiger partial charge on any atom is -0.478 e. The predicted octanol–water partition coefficient (Wildman–Crippen LogP) is 6.74. The molecule has 4 nitrogen and oxygen atoms in total. The van der Waals surface area contributed by atoms with E-state index in [0.717, 1.165) is 44.9 Å². The molecule has 1 aliphatic heterocycles. The number of carboxylic acid groups (broad SMARTS) is 1. The number of aliphatic carboxylic acids is 1. The van der Waals surface area contributed by atoms with Crippen molar-refractivity contribution < 1.29 is 19.4 Å². The van der Waals surface area contributed by atoms with E-state index < -0.39 is 5.97 Å². The van der Waals surface area contributed by atoms with Crippen LogP contribution in [0.5, 0.6) is 0 Å². The topological polar surface area (TPSA) is 66.9 Å². The van der Waals surface area contributed by atoms with Crippen molar-refractivity contribution in [2.45, 2.75) is 111 Å². The summed E-state index contributed by atoms with van der Waals surface area (Å²) in [7, 11) is 0. The molecule has 1 heterocycles. The highest BCUT2D eigenvalue weighted by Crippen LogP contribution is 2.85. The van der Waals surface area contributed by atoms with Gasteiger partial charge in [0, 0.05) is 28.2 Å². The second kappa shape index (κ2) is 7.31. The van der Waals surface area contributed by atoms with Crippen LogP contribution in [-0.4, -0.2) is 28.1 Å². The Morgan fingerprint density at radius 2 is 1.85 bits per heavy atom. The zero-order valence-electron chi connectivity index (χ0n) is 22.1. The normalized spacial score (nSPS) is 47.8. The summed E-state index contributed by atoms with van der Waals surface area (Å²) in [5.41, 5.74) is 1.67. The lowest BCUT2D eigenvalue weighted by Gasteiger charge is -2.55. The summed E-state index contributed by atoms with van der Waals surface area (Å²) in [6, 6.07) is 0. The van der Waals surface area contributed by atoms with E-state index in [9.17, 15) is 9.59 Å². The molecule has 34 heavy (non-hydrogen) atoms. The van der Waals surface area contributed by atoms with Crippen LogP contribution in [-0.2, 0) is 14.3 Å². The molecule has 8 atom stereocenters. The summed E-state index contributed by atoms with van der Waals surface area (Å²) in [5.74, 6) is 1.49. The zero-order chi connectivity index (χ0) is 24.9. The van der Waals surface area contributed by atoms with Gasteiger partial charge in [-0.3, -0.25) is 4.79 Å². The molecule has 0 radical (unpaired) electrons. The summed E-state index contributed by atoms with van der Waals surface area (Å²) in [5, 5.41) is 9.14. The van der Waals surface area contributed by atoms with Gasteiger partial charge in [-0.2, -0.15) is 0 Å². The number of ether oxygens (including phenoxy) is 1. The Morgan fingerprint density at radius 3 is 2.53 bits per heavy atom. The largest absolute Gasteiger partial charge is 0.478 e. The van der Waals surface area contributed by atoms with Crippen molar-refractivity contribution in [2.75, 3.05) is 0 Å². The Labute approximate surface area is 205 Å². The van der Waals surface area contributed by atoms with Crippen LogP contribution in [0.4, 0.5) is 0 Å². The molecule has 188 valence electrons. The van der Waals surface area contributed by atoms with Gasteiger partial charge in [-0.1, -0.05) is 52.8 Å². The third-order valence-corrected chi connectivity index (χ3v) is 12.1. The molecule has 0 amide bonds. The molecule has 4 aliphatic carbocycles. The van der Waals surface area contributed by atoms with Crippen LogP contribution in [0.1, 0.15) is 99.3 Å². The van der Waals surface area contributed by atoms with Crippen LogP contribution in [0.2, 0.25) is 0 Å². The second-order valence-electron chi connectivity index (χ2n) is 13.6. The lowest BCUT2D eigenvalue weighted by Crippen LogP contribution is -2.59. The number of carbonyl (C=O) groups is 2. The average molecular weight is 469 g/mol. The van der Waals surface area contributed by atoms with Gasteiger partial charge < -0.3 is 9.84 Å². The van der Waals surface area contributed by atoms with Gasteiger partial charge in [0.05, 0.1) is 0 Å². The molecular weight excluding hydrogens is 424 g/mol. The first-order chi connectivity index (χ1) is 15.8. The van der Waals surface area contributed by atoms with Crippen molar-refractivity contribution in [3.8, 4) is 0 Å². The first-order valence-electron chi connectivity index (χ1n) is 13.6. The second-order valence-corrected chi connectivity index (χ2v) is 13.6. The average Bonchev–Trinajstić information content (AvgIpc) is 3.40. The summed E-state index contributed by atoms with van der Waals surface area (Å²) >= 11 is 0. The van der Waals surface area contributed by atoms with Crippen LogP contribution in [0.3, 0.4) is 0 Å². The van der Waals surface area contributed by atoms with Crippen LogP contribution >= 0.6 is 0 Å². The number of carbonyl (C=O) groups excluding carboxylic acids is 1. The van der Waals surface area contributed by atoms with Crippen molar-refractivity contribution >= 4 is 11.8 Å². The Balaban J connectivity index is 1.38. The molecule has 0 aromatic rings. The quantitative estimate of drug-likeness (QED) is 0.276. The van der Waals surface area contributed by atoms with Gasteiger partial charge in [-0.25, -0.2) is 4.79 Å². The predicted molar refractivity (Wildman–Crippen MR) is 133 cm³/mol. The first kappa shape index (κ1) is 24.3. The van der Waals surface area contributed by atoms with Crippen LogP contribution in [0, 0.1) is 39.9 Å². The number of rotatable bonds is 5. The third-order valence-electron chi connectivity index (χ3n) is 12.1. The Morgan fingerprint density at radius 1 is 1.15 bits per heavy atom. The van der Waals surface area contributed by atoms with Crippen LogP contribution in [0.25, 0.3) is 0 Å². The number of epoxide rings is 1. The minimum atomic E-state index is -0.823. The van der Waals surface area contributed by atoms with Crippen LogP contribution in [0.15, 0.2) is 23.8 Å². The molecule has 0 bridgehead atoms. The lowest BCUT2D eigenvalue weighted by atomic mass is 9.45. The molecule has 0 aromatic heterocycles.